The fraction of sp³-hybridized carbons (Fsp3) is 0.562. The van der Waals surface area contributed by atoms with Crippen molar-refractivity contribution in [3.63, 3.8) is 0 Å². The first kappa shape index (κ1) is 16.5. The number of hydrogen-bond donors (Lipinski definition) is 2. The number of unbranched alkanes of at least 4 members (excludes halogenated alkanes) is 2. The largest absolute Gasteiger partial charge is 0.398 e. The first-order chi connectivity index (χ1) is 9.47. The second-order valence-electron chi connectivity index (χ2n) is 5.37. The summed E-state index contributed by atoms with van der Waals surface area (Å²) in [5, 5.41) is 2.96. The summed E-state index contributed by atoms with van der Waals surface area (Å²) in [5.74, 6) is 0.0118. The Hall–Kier alpha value is -1.55. The highest BCUT2D eigenvalue weighted by molar-refractivity contribution is 5.95. The zero-order chi connectivity index (χ0) is 15.1. The number of likely N-dealkylation sites (N-methyl/N-ethyl adjacent to an activating group) is 1. The number of nitrogens with zero attached hydrogens (tertiary/aromatic N) is 1. The van der Waals surface area contributed by atoms with Crippen LogP contribution in [0.5, 0.6) is 0 Å². The van der Waals surface area contributed by atoms with E-state index in [1.807, 2.05) is 39.1 Å². The summed E-state index contributed by atoms with van der Waals surface area (Å²) in [5.41, 5.74) is 8.27. The van der Waals surface area contributed by atoms with Gasteiger partial charge in [0.25, 0.3) is 0 Å². The van der Waals surface area contributed by atoms with Crippen molar-refractivity contribution in [3.05, 3.63) is 23.8 Å². The molecule has 1 atom stereocenters. The van der Waals surface area contributed by atoms with Crippen molar-refractivity contribution in [1.82, 2.24) is 4.90 Å². The van der Waals surface area contributed by atoms with Gasteiger partial charge in [-0.15, -0.1) is 0 Å². The molecule has 1 rings (SSSR count). The van der Waals surface area contributed by atoms with Gasteiger partial charge in [0.15, 0.2) is 0 Å². The first-order valence-corrected chi connectivity index (χ1v) is 7.33. The van der Waals surface area contributed by atoms with Crippen molar-refractivity contribution < 1.29 is 4.79 Å². The molecule has 4 nitrogen and oxygen atoms in total. The molecule has 0 fully saturated rings. The van der Waals surface area contributed by atoms with Gasteiger partial charge in [-0.3, -0.25) is 9.69 Å². The number of amides is 1. The Morgan fingerprint density at radius 2 is 2.10 bits per heavy atom. The van der Waals surface area contributed by atoms with Gasteiger partial charge in [-0.1, -0.05) is 25.8 Å². The SMILES string of the molecule is CCCCCN(C)C(C)C(=O)Nc1cccc(N)c1C. The summed E-state index contributed by atoms with van der Waals surface area (Å²) in [6.07, 6.45) is 3.52. The molecule has 4 heteroatoms. The molecular formula is C16H27N3O. The molecule has 0 saturated heterocycles. The number of carbonyl (C=O) groups excluding carboxylic acids is 1. The summed E-state index contributed by atoms with van der Waals surface area (Å²) in [6.45, 7) is 6.97. The number of nitrogen functional groups attached to an aromatic ring is 1. The molecule has 1 amide bonds. The average molecular weight is 277 g/mol. The summed E-state index contributed by atoms with van der Waals surface area (Å²) in [7, 11) is 1.99. The van der Waals surface area contributed by atoms with E-state index in [-0.39, 0.29) is 11.9 Å². The van der Waals surface area contributed by atoms with Gasteiger partial charge in [0.1, 0.15) is 0 Å². The normalized spacial score (nSPS) is 12.4. The van der Waals surface area contributed by atoms with E-state index in [4.69, 9.17) is 5.73 Å². The third-order valence-corrected chi connectivity index (χ3v) is 3.79. The maximum Gasteiger partial charge on any atom is 0.241 e. The van der Waals surface area contributed by atoms with Crippen molar-refractivity contribution in [2.75, 3.05) is 24.6 Å². The molecule has 0 aliphatic carbocycles. The molecular weight excluding hydrogens is 250 g/mol. The Morgan fingerprint density at radius 1 is 1.40 bits per heavy atom. The van der Waals surface area contributed by atoms with Gasteiger partial charge in [0.05, 0.1) is 6.04 Å². The van der Waals surface area contributed by atoms with E-state index in [1.165, 1.54) is 12.8 Å². The minimum absolute atomic E-state index is 0.0118. The molecule has 1 unspecified atom stereocenters. The standard InChI is InChI=1S/C16H27N3O/c1-5-6-7-11-19(4)13(3)16(20)18-15-10-8-9-14(17)12(15)2/h8-10,13H,5-7,11,17H2,1-4H3,(H,18,20). The summed E-state index contributed by atoms with van der Waals surface area (Å²) >= 11 is 0. The van der Waals surface area contributed by atoms with Gasteiger partial charge < -0.3 is 11.1 Å². The van der Waals surface area contributed by atoms with E-state index in [0.717, 1.165) is 24.2 Å². The van der Waals surface area contributed by atoms with E-state index in [1.54, 1.807) is 0 Å². The maximum absolute atomic E-state index is 12.3. The van der Waals surface area contributed by atoms with Crippen LogP contribution < -0.4 is 11.1 Å². The minimum atomic E-state index is -0.146. The minimum Gasteiger partial charge on any atom is -0.398 e. The molecule has 0 heterocycles. The lowest BCUT2D eigenvalue weighted by Crippen LogP contribution is -2.40. The molecule has 112 valence electrons. The lowest BCUT2D eigenvalue weighted by atomic mass is 10.1. The van der Waals surface area contributed by atoms with E-state index >= 15 is 0 Å². The second kappa shape index (κ2) is 7.90. The molecule has 0 aliphatic heterocycles. The first-order valence-electron chi connectivity index (χ1n) is 7.33. The van der Waals surface area contributed by atoms with Crippen LogP contribution >= 0.6 is 0 Å². The van der Waals surface area contributed by atoms with E-state index < -0.39 is 0 Å². The van der Waals surface area contributed by atoms with Crippen molar-refractivity contribution in [2.45, 2.75) is 46.1 Å². The summed E-state index contributed by atoms with van der Waals surface area (Å²) in [6, 6.07) is 5.43. The predicted molar refractivity (Wildman–Crippen MR) is 85.8 cm³/mol. The van der Waals surface area contributed by atoms with E-state index in [9.17, 15) is 4.79 Å². The Kier molecular flexibility index (Phi) is 6.52. The highest BCUT2D eigenvalue weighted by Crippen LogP contribution is 2.20. The average Bonchev–Trinajstić information content (AvgIpc) is 2.43. The predicted octanol–water partition coefficient (Wildman–Crippen LogP) is 3.03. The van der Waals surface area contributed by atoms with Gasteiger partial charge in [-0.25, -0.2) is 0 Å². The van der Waals surface area contributed by atoms with Crippen molar-refractivity contribution in [1.29, 1.82) is 0 Å². The van der Waals surface area contributed by atoms with Crippen LogP contribution in [0.1, 0.15) is 38.7 Å². The van der Waals surface area contributed by atoms with Crippen molar-refractivity contribution in [2.24, 2.45) is 0 Å². The van der Waals surface area contributed by atoms with Crippen LogP contribution in [0.25, 0.3) is 0 Å². The van der Waals surface area contributed by atoms with E-state index in [0.29, 0.717) is 5.69 Å². The molecule has 3 N–H and O–H groups in total. The maximum atomic E-state index is 12.3. The highest BCUT2D eigenvalue weighted by atomic mass is 16.2. The molecule has 1 aromatic rings. The number of benzene rings is 1. The van der Waals surface area contributed by atoms with Gasteiger partial charge in [0, 0.05) is 11.4 Å². The molecule has 0 spiro atoms. The van der Waals surface area contributed by atoms with Gasteiger partial charge in [0.2, 0.25) is 5.91 Å². The lowest BCUT2D eigenvalue weighted by molar-refractivity contribution is -0.120. The molecule has 20 heavy (non-hydrogen) atoms. The fourth-order valence-electron chi connectivity index (χ4n) is 2.03. The van der Waals surface area contributed by atoms with Crippen molar-refractivity contribution >= 4 is 17.3 Å². The molecule has 1 aromatic carbocycles. The quantitative estimate of drug-likeness (QED) is 0.595. The highest BCUT2D eigenvalue weighted by Gasteiger charge is 2.18. The number of anilines is 2. The van der Waals surface area contributed by atoms with Crippen LogP contribution in [0.3, 0.4) is 0 Å². The smallest absolute Gasteiger partial charge is 0.241 e. The number of nitrogens with one attached hydrogen (secondary N) is 1. The molecule has 0 radical (unpaired) electrons. The lowest BCUT2D eigenvalue weighted by Gasteiger charge is -2.24. The number of carbonyl (C=O) groups is 1. The topological polar surface area (TPSA) is 58.4 Å². The number of rotatable bonds is 7. The Morgan fingerprint density at radius 3 is 2.75 bits per heavy atom. The van der Waals surface area contributed by atoms with Crippen LogP contribution in [-0.4, -0.2) is 30.4 Å². The van der Waals surface area contributed by atoms with Crippen LogP contribution in [0.4, 0.5) is 11.4 Å². The molecule has 0 aromatic heterocycles. The van der Waals surface area contributed by atoms with E-state index in [2.05, 4.69) is 17.1 Å². The molecule has 0 bridgehead atoms. The van der Waals surface area contributed by atoms with Crippen LogP contribution in [-0.2, 0) is 4.79 Å². The molecule has 0 saturated carbocycles. The third-order valence-electron chi connectivity index (χ3n) is 3.79. The Bertz CT molecular complexity index is 445. The van der Waals surface area contributed by atoms with Crippen molar-refractivity contribution in [3.8, 4) is 0 Å². The van der Waals surface area contributed by atoms with Gasteiger partial charge in [-0.2, -0.15) is 0 Å². The fourth-order valence-corrected chi connectivity index (χ4v) is 2.03. The number of nitrogens with two attached hydrogens (primary N) is 1. The summed E-state index contributed by atoms with van der Waals surface area (Å²) < 4.78 is 0. The van der Waals surface area contributed by atoms with Gasteiger partial charge in [-0.05, 0) is 51.6 Å². The van der Waals surface area contributed by atoms with Crippen LogP contribution in [0, 0.1) is 6.92 Å². The zero-order valence-corrected chi connectivity index (χ0v) is 13.1. The molecule has 0 aliphatic rings. The monoisotopic (exact) mass is 277 g/mol. The van der Waals surface area contributed by atoms with Crippen LogP contribution in [0.2, 0.25) is 0 Å². The third kappa shape index (κ3) is 4.53. The summed E-state index contributed by atoms with van der Waals surface area (Å²) in [4.78, 5) is 14.3. The Balaban J connectivity index is 2.59. The zero-order valence-electron chi connectivity index (χ0n) is 13.1. The number of hydrogen-bond acceptors (Lipinski definition) is 3. The Labute approximate surface area is 122 Å². The van der Waals surface area contributed by atoms with Crippen LogP contribution in [0.15, 0.2) is 18.2 Å². The van der Waals surface area contributed by atoms with Gasteiger partial charge >= 0.3 is 0 Å². The second-order valence-corrected chi connectivity index (χ2v) is 5.37.